The van der Waals surface area contributed by atoms with Crippen LogP contribution >= 0.6 is 0 Å². The van der Waals surface area contributed by atoms with E-state index in [1.54, 1.807) is 4.90 Å². The van der Waals surface area contributed by atoms with E-state index in [0.29, 0.717) is 6.54 Å². The summed E-state index contributed by atoms with van der Waals surface area (Å²) in [4.78, 5) is 13.7. The predicted octanol–water partition coefficient (Wildman–Crippen LogP) is 1.75. The fourth-order valence-corrected chi connectivity index (χ4v) is 1.92. The highest BCUT2D eigenvalue weighted by Gasteiger charge is 2.20. The summed E-state index contributed by atoms with van der Waals surface area (Å²) < 4.78 is 5.37. The zero-order valence-electron chi connectivity index (χ0n) is 11.1. The van der Waals surface area contributed by atoms with Crippen molar-refractivity contribution < 1.29 is 9.53 Å². The van der Waals surface area contributed by atoms with Crippen molar-refractivity contribution in [3.8, 4) is 0 Å². The summed E-state index contributed by atoms with van der Waals surface area (Å²) in [5.74, 6) is 0. The number of amides is 1. The quantitative estimate of drug-likeness (QED) is 0.766. The SMILES string of the molecule is CC(C)(C)OC(=O)N(C[SiH3])Cc1ccccc1. The van der Waals surface area contributed by atoms with Crippen LogP contribution in [0.25, 0.3) is 0 Å². The fourth-order valence-electron chi connectivity index (χ4n) is 1.44. The van der Waals surface area contributed by atoms with Crippen molar-refractivity contribution in [2.75, 3.05) is 6.17 Å². The summed E-state index contributed by atoms with van der Waals surface area (Å²) in [6, 6.07) is 9.98. The number of nitrogens with zero attached hydrogens (tertiary/aromatic N) is 1. The van der Waals surface area contributed by atoms with Gasteiger partial charge < -0.3 is 9.64 Å². The topological polar surface area (TPSA) is 29.5 Å². The van der Waals surface area contributed by atoms with Crippen molar-refractivity contribution in [2.45, 2.75) is 32.9 Å². The first-order valence-corrected chi connectivity index (χ1v) is 7.35. The Kier molecular flexibility index (Phi) is 4.75. The average molecular weight is 251 g/mol. The van der Waals surface area contributed by atoms with Crippen molar-refractivity contribution in [3.63, 3.8) is 0 Å². The van der Waals surface area contributed by atoms with Gasteiger partial charge in [0.2, 0.25) is 0 Å². The molecule has 0 aliphatic heterocycles. The van der Waals surface area contributed by atoms with Crippen molar-refractivity contribution in [2.24, 2.45) is 0 Å². The molecule has 0 aromatic heterocycles. The maximum atomic E-state index is 11.9. The lowest BCUT2D eigenvalue weighted by Gasteiger charge is -2.26. The number of carbonyl (C=O) groups excluding carboxylic acids is 1. The van der Waals surface area contributed by atoms with Crippen LogP contribution in [0.5, 0.6) is 0 Å². The van der Waals surface area contributed by atoms with E-state index in [-0.39, 0.29) is 6.09 Å². The molecule has 0 bridgehead atoms. The average Bonchev–Trinajstić information content (AvgIpc) is 2.24. The maximum Gasteiger partial charge on any atom is 0.410 e. The number of hydrogen-bond acceptors (Lipinski definition) is 2. The molecule has 0 heterocycles. The van der Waals surface area contributed by atoms with E-state index in [4.69, 9.17) is 4.74 Å². The molecule has 0 radical (unpaired) electrons. The zero-order valence-corrected chi connectivity index (χ0v) is 13.1. The van der Waals surface area contributed by atoms with Crippen molar-refractivity contribution >= 4 is 16.3 Å². The molecule has 0 fully saturated rings. The minimum Gasteiger partial charge on any atom is -0.444 e. The third-order valence-corrected chi connectivity index (χ3v) is 3.01. The summed E-state index contributed by atoms with van der Waals surface area (Å²) in [7, 11) is 0.947. The molecule has 1 amide bonds. The van der Waals surface area contributed by atoms with Crippen LogP contribution in [0.2, 0.25) is 0 Å². The summed E-state index contributed by atoms with van der Waals surface area (Å²) in [5.41, 5.74) is 0.706. The highest BCUT2D eigenvalue weighted by molar-refractivity contribution is 6.09. The fraction of sp³-hybridized carbons (Fsp3) is 0.462. The van der Waals surface area contributed by atoms with Crippen LogP contribution in [0.3, 0.4) is 0 Å². The van der Waals surface area contributed by atoms with E-state index >= 15 is 0 Å². The first kappa shape index (κ1) is 13.8. The molecule has 0 aliphatic rings. The monoisotopic (exact) mass is 251 g/mol. The van der Waals surface area contributed by atoms with Gasteiger partial charge in [0.05, 0.1) is 0 Å². The molecular formula is C13H21NO2Si. The summed E-state index contributed by atoms with van der Waals surface area (Å²) >= 11 is 0. The lowest BCUT2D eigenvalue weighted by molar-refractivity contribution is 0.0270. The van der Waals surface area contributed by atoms with Crippen molar-refractivity contribution in [1.82, 2.24) is 4.90 Å². The Balaban J connectivity index is 2.63. The Morgan fingerprint density at radius 2 is 1.88 bits per heavy atom. The van der Waals surface area contributed by atoms with Crippen LogP contribution < -0.4 is 0 Å². The minimum atomic E-state index is -0.428. The van der Waals surface area contributed by atoms with Crippen molar-refractivity contribution in [1.29, 1.82) is 0 Å². The Hall–Kier alpha value is -1.29. The van der Waals surface area contributed by atoms with Gasteiger partial charge in [-0.3, -0.25) is 0 Å². The minimum absolute atomic E-state index is 0.226. The molecule has 0 unspecified atom stereocenters. The second-order valence-electron chi connectivity index (χ2n) is 4.98. The Bertz CT molecular complexity index is 359. The summed E-state index contributed by atoms with van der Waals surface area (Å²) in [6.07, 6.45) is 0.556. The Labute approximate surface area is 106 Å². The highest BCUT2D eigenvalue weighted by atomic mass is 28.1. The van der Waals surface area contributed by atoms with Gasteiger partial charge >= 0.3 is 6.09 Å². The van der Waals surface area contributed by atoms with Crippen LogP contribution in [-0.2, 0) is 11.3 Å². The number of ether oxygens (including phenoxy) is 1. The van der Waals surface area contributed by atoms with Gasteiger partial charge in [-0.25, -0.2) is 4.79 Å². The molecule has 1 aromatic carbocycles. The molecule has 4 heteroatoms. The van der Waals surface area contributed by atoms with Gasteiger partial charge in [0.15, 0.2) is 0 Å². The van der Waals surface area contributed by atoms with Gasteiger partial charge in [-0.05, 0) is 26.3 Å². The van der Waals surface area contributed by atoms with Gasteiger partial charge in [-0.15, -0.1) is 0 Å². The van der Waals surface area contributed by atoms with Gasteiger partial charge in [0.25, 0.3) is 0 Å². The molecular weight excluding hydrogens is 230 g/mol. The number of carbonyl (C=O) groups is 1. The van der Waals surface area contributed by atoms with Gasteiger partial charge in [0, 0.05) is 23.0 Å². The third kappa shape index (κ3) is 5.04. The molecule has 3 nitrogen and oxygen atoms in total. The smallest absolute Gasteiger partial charge is 0.410 e. The Morgan fingerprint density at radius 3 is 2.35 bits per heavy atom. The molecule has 94 valence electrons. The normalized spacial score (nSPS) is 11.2. The summed E-state index contributed by atoms with van der Waals surface area (Å²) in [5, 5.41) is 0. The summed E-state index contributed by atoms with van der Waals surface area (Å²) in [6.45, 7) is 6.29. The molecule has 0 N–H and O–H groups in total. The van der Waals surface area contributed by atoms with Crippen molar-refractivity contribution in [3.05, 3.63) is 35.9 Å². The van der Waals surface area contributed by atoms with Crippen LogP contribution in [0.15, 0.2) is 30.3 Å². The van der Waals surface area contributed by atoms with Crippen LogP contribution in [0.4, 0.5) is 4.79 Å². The predicted molar refractivity (Wildman–Crippen MR) is 73.0 cm³/mol. The first-order valence-electron chi connectivity index (χ1n) is 5.94. The van der Waals surface area contributed by atoms with Crippen LogP contribution in [-0.4, -0.2) is 33.0 Å². The standard InChI is InChI=1S/C13H21NO2Si/c1-13(2,3)16-12(15)14(10-17)9-11-7-5-4-6-8-11/h4-8H,9-10H2,1-3,17H3. The van der Waals surface area contributed by atoms with Gasteiger partial charge in [0.1, 0.15) is 5.60 Å². The molecule has 1 rings (SSSR count). The molecule has 17 heavy (non-hydrogen) atoms. The molecule has 0 spiro atoms. The second-order valence-corrected chi connectivity index (χ2v) is 5.61. The van der Waals surface area contributed by atoms with E-state index in [1.807, 2.05) is 51.1 Å². The highest BCUT2D eigenvalue weighted by Crippen LogP contribution is 2.11. The van der Waals surface area contributed by atoms with E-state index in [2.05, 4.69) is 0 Å². The van der Waals surface area contributed by atoms with E-state index in [9.17, 15) is 4.79 Å². The molecule has 1 aromatic rings. The van der Waals surface area contributed by atoms with Gasteiger partial charge in [-0.1, -0.05) is 30.3 Å². The number of hydrogen-bond donors (Lipinski definition) is 0. The van der Waals surface area contributed by atoms with E-state index < -0.39 is 5.60 Å². The zero-order chi connectivity index (χ0) is 12.9. The third-order valence-electron chi connectivity index (χ3n) is 2.25. The van der Waals surface area contributed by atoms with Crippen LogP contribution in [0.1, 0.15) is 26.3 Å². The Morgan fingerprint density at radius 1 is 1.29 bits per heavy atom. The lowest BCUT2D eigenvalue weighted by Crippen LogP contribution is -2.37. The lowest BCUT2D eigenvalue weighted by atomic mass is 10.2. The van der Waals surface area contributed by atoms with E-state index in [1.165, 1.54) is 0 Å². The van der Waals surface area contributed by atoms with Gasteiger partial charge in [-0.2, -0.15) is 0 Å². The first-order chi connectivity index (χ1) is 7.92. The number of rotatable bonds is 3. The van der Waals surface area contributed by atoms with E-state index in [0.717, 1.165) is 22.0 Å². The van der Waals surface area contributed by atoms with Crippen LogP contribution in [0, 0.1) is 0 Å². The molecule has 0 aliphatic carbocycles. The molecule has 0 atom stereocenters. The molecule has 0 saturated heterocycles. The molecule has 0 saturated carbocycles. The number of benzene rings is 1. The second kappa shape index (κ2) is 5.86. The maximum absolute atomic E-state index is 11.9. The largest absolute Gasteiger partial charge is 0.444 e.